The van der Waals surface area contributed by atoms with Gasteiger partial charge in [-0.1, -0.05) is 12.1 Å². The van der Waals surface area contributed by atoms with E-state index < -0.39 is 27.4 Å². The average Bonchev–Trinajstić information content (AvgIpc) is 2.71. The molecule has 0 saturated heterocycles. The van der Waals surface area contributed by atoms with Crippen LogP contribution >= 0.6 is 0 Å². The molecular weight excluding hydrogens is 412 g/mol. The molecule has 0 atom stereocenters. The maximum Gasteiger partial charge on any atom is 0.238 e. The Balaban J connectivity index is 1.51. The van der Waals surface area contributed by atoms with Crippen molar-refractivity contribution in [2.45, 2.75) is 29.3 Å². The first-order chi connectivity index (χ1) is 14.3. The van der Waals surface area contributed by atoms with Crippen LogP contribution in [0.4, 0.5) is 14.6 Å². The summed E-state index contributed by atoms with van der Waals surface area (Å²) in [6, 6.07) is 12.2. The molecule has 0 bridgehead atoms. The Morgan fingerprint density at radius 1 is 1.13 bits per heavy atom. The zero-order chi connectivity index (χ0) is 21.4. The number of hydrogen-bond donors (Lipinski definition) is 2. The van der Waals surface area contributed by atoms with Crippen LogP contribution in [-0.4, -0.2) is 36.3 Å². The predicted molar refractivity (Wildman–Crippen MR) is 107 cm³/mol. The fourth-order valence-corrected chi connectivity index (χ4v) is 4.22. The number of nitrogens with two attached hydrogens (primary N) is 1. The minimum absolute atomic E-state index is 0.0194. The van der Waals surface area contributed by atoms with Gasteiger partial charge in [-0.15, -0.1) is 10.2 Å². The highest BCUT2D eigenvalue weighted by Gasteiger charge is 2.48. The van der Waals surface area contributed by atoms with E-state index in [4.69, 9.17) is 5.14 Å². The molecule has 0 spiro atoms. The third-order valence-electron chi connectivity index (χ3n) is 5.22. The Morgan fingerprint density at radius 2 is 1.93 bits per heavy atom. The summed E-state index contributed by atoms with van der Waals surface area (Å²) in [6.07, 6.45) is 0.864. The Labute approximate surface area is 172 Å². The molecule has 30 heavy (non-hydrogen) atoms. The fourth-order valence-electron chi connectivity index (χ4n) is 3.66. The number of halogens is 2. The standard InChI is InChI=1S/C20H19F2N5O2S/c21-14-10-20(11-14,19-16(22)5-2-8-24-19)12-25-18-7-6-17(26-27-18)13-3-1-4-15(9-13)30(23,28)29/h1-9,14H,10-12H2,(H,25,27)(H2,23,28,29). The summed E-state index contributed by atoms with van der Waals surface area (Å²) in [4.78, 5) is 4.10. The SMILES string of the molecule is NS(=O)(=O)c1cccc(-c2ccc(NCC3(c4ncccc4F)CC(F)C3)nn2)c1. The van der Waals surface area contributed by atoms with Crippen molar-refractivity contribution in [1.29, 1.82) is 0 Å². The van der Waals surface area contributed by atoms with Gasteiger partial charge in [0.1, 0.15) is 17.8 Å². The van der Waals surface area contributed by atoms with E-state index in [-0.39, 0.29) is 30.0 Å². The second kappa shape index (κ2) is 7.69. The Hall–Kier alpha value is -2.98. The fraction of sp³-hybridized carbons (Fsp3) is 0.250. The Bertz CT molecular complexity index is 1170. The lowest BCUT2D eigenvalue weighted by molar-refractivity contribution is 0.0964. The van der Waals surface area contributed by atoms with Gasteiger partial charge in [0.05, 0.1) is 16.3 Å². The molecule has 0 aliphatic heterocycles. The van der Waals surface area contributed by atoms with Crippen molar-refractivity contribution in [3.63, 3.8) is 0 Å². The summed E-state index contributed by atoms with van der Waals surface area (Å²) in [5.41, 5.74) is 0.515. The molecule has 156 valence electrons. The quantitative estimate of drug-likeness (QED) is 0.621. The molecule has 10 heteroatoms. The van der Waals surface area contributed by atoms with Crippen LogP contribution in [0, 0.1) is 5.82 Å². The van der Waals surface area contributed by atoms with Crippen LogP contribution in [0.2, 0.25) is 0 Å². The van der Waals surface area contributed by atoms with Gasteiger partial charge in [-0.3, -0.25) is 4.98 Å². The molecule has 0 radical (unpaired) electrons. The highest BCUT2D eigenvalue weighted by atomic mass is 32.2. The summed E-state index contributed by atoms with van der Waals surface area (Å²) >= 11 is 0. The number of anilines is 1. The number of aromatic nitrogens is 3. The number of benzene rings is 1. The van der Waals surface area contributed by atoms with E-state index in [1.54, 1.807) is 24.3 Å². The smallest absolute Gasteiger partial charge is 0.238 e. The zero-order valence-corrected chi connectivity index (χ0v) is 16.6. The maximum absolute atomic E-state index is 14.2. The van der Waals surface area contributed by atoms with Gasteiger partial charge >= 0.3 is 0 Å². The van der Waals surface area contributed by atoms with Gasteiger partial charge in [0.15, 0.2) is 0 Å². The normalized spacial score (nSPS) is 21.1. The van der Waals surface area contributed by atoms with Gasteiger partial charge in [-0.2, -0.15) is 0 Å². The number of sulfonamides is 1. The largest absolute Gasteiger partial charge is 0.368 e. The minimum Gasteiger partial charge on any atom is -0.368 e. The molecule has 1 aliphatic carbocycles. The van der Waals surface area contributed by atoms with Crippen LogP contribution in [0.15, 0.2) is 59.6 Å². The van der Waals surface area contributed by atoms with Crippen LogP contribution in [0.5, 0.6) is 0 Å². The summed E-state index contributed by atoms with van der Waals surface area (Å²) < 4.78 is 50.9. The summed E-state index contributed by atoms with van der Waals surface area (Å²) in [6.45, 7) is 0.260. The van der Waals surface area contributed by atoms with Crippen molar-refractivity contribution in [3.05, 3.63) is 66.2 Å². The van der Waals surface area contributed by atoms with Gasteiger partial charge in [0.2, 0.25) is 10.0 Å². The molecule has 3 N–H and O–H groups in total. The van der Waals surface area contributed by atoms with Gasteiger partial charge in [0, 0.05) is 23.7 Å². The van der Waals surface area contributed by atoms with E-state index in [1.165, 1.54) is 30.5 Å². The number of primary sulfonamides is 1. The third-order valence-corrected chi connectivity index (χ3v) is 6.13. The first-order valence-electron chi connectivity index (χ1n) is 9.23. The molecule has 3 aromatic rings. The molecule has 2 aromatic heterocycles. The summed E-state index contributed by atoms with van der Waals surface area (Å²) in [5.74, 6) is -0.0262. The Morgan fingerprint density at radius 3 is 2.57 bits per heavy atom. The van der Waals surface area contributed by atoms with Gasteiger partial charge in [0.25, 0.3) is 0 Å². The highest BCUT2D eigenvalue weighted by molar-refractivity contribution is 7.89. The number of nitrogens with zero attached hydrogens (tertiary/aromatic N) is 3. The Kier molecular flexibility index (Phi) is 5.20. The predicted octanol–water partition coefficient (Wildman–Crippen LogP) is 2.81. The van der Waals surface area contributed by atoms with Gasteiger partial charge < -0.3 is 5.32 Å². The molecule has 1 aliphatic rings. The van der Waals surface area contributed by atoms with E-state index >= 15 is 0 Å². The molecule has 0 unspecified atom stereocenters. The summed E-state index contributed by atoms with van der Waals surface area (Å²) in [7, 11) is -3.83. The molecule has 0 amide bonds. The second-order valence-electron chi connectivity index (χ2n) is 7.35. The number of nitrogens with one attached hydrogen (secondary N) is 1. The monoisotopic (exact) mass is 431 g/mol. The minimum atomic E-state index is -3.83. The van der Waals surface area contributed by atoms with Crippen molar-refractivity contribution in [2.75, 3.05) is 11.9 Å². The van der Waals surface area contributed by atoms with Crippen molar-refractivity contribution >= 4 is 15.8 Å². The van der Waals surface area contributed by atoms with E-state index in [0.29, 0.717) is 17.1 Å². The van der Waals surface area contributed by atoms with Crippen LogP contribution in [0.3, 0.4) is 0 Å². The van der Waals surface area contributed by atoms with E-state index in [2.05, 4.69) is 20.5 Å². The third kappa shape index (κ3) is 4.01. The van der Waals surface area contributed by atoms with Crippen LogP contribution in [0.1, 0.15) is 18.5 Å². The van der Waals surface area contributed by atoms with Crippen LogP contribution < -0.4 is 10.5 Å². The lowest BCUT2D eigenvalue weighted by Gasteiger charge is -2.44. The van der Waals surface area contributed by atoms with Crippen molar-refractivity contribution in [1.82, 2.24) is 15.2 Å². The number of rotatable bonds is 6. The molecule has 4 rings (SSSR count). The molecule has 2 heterocycles. The molecule has 1 saturated carbocycles. The van der Waals surface area contributed by atoms with Crippen molar-refractivity contribution in [2.24, 2.45) is 5.14 Å². The first kappa shape index (κ1) is 20.3. The first-order valence-corrected chi connectivity index (χ1v) is 10.8. The van der Waals surface area contributed by atoms with Gasteiger partial charge in [-0.25, -0.2) is 22.3 Å². The van der Waals surface area contributed by atoms with Crippen LogP contribution in [-0.2, 0) is 15.4 Å². The topological polar surface area (TPSA) is 111 Å². The van der Waals surface area contributed by atoms with Crippen molar-refractivity contribution < 1.29 is 17.2 Å². The van der Waals surface area contributed by atoms with Crippen molar-refractivity contribution in [3.8, 4) is 11.3 Å². The average molecular weight is 431 g/mol. The van der Waals surface area contributed by atoms with E-state index in [1.807, 2.05) is 0 Å². The molecule has 7 nitrogen and oxygen atoms in total. The molecule has 1 aromatic carbocycles. The van der Waals surface area contributed by atoms with Gasteiger partial charge in [-0.05, 0) is 49.2 Å². The molecular formula is C20H19F2N5O2S. The summed E-state index contributed by atoms with van der Waals surface area (Å²) in [5, 5.41) is 16.5. The van der Waals surface area contributed by atoms with E-state index in [9.17, 15) is 17.2 Å². The van der Waals surface area contributed by atoms with E-state index in [0.717, 1.165) is 0 Å². The highest BCUT2D eigenvalue weighted by Crippen LogP contribution is 2.45. The molecule has 1 fully saturated rings. The maximum atomic E-state index is 14.2. The zero-order valence-electron chi connectivity index (χ0n) is 15.8. The lowest BCUT2D eigenvalue weighted by Crippen LogP contribution is -2.49. The number of hydrogen-bond acceptors (Lipinski definition) is 6. The number of alkyl halides is 1. The number of pyridine rings is 1. The lowest BCUT2D eigenvalue weighted by atomic mass is 9.65. The second-order valence-corrected chi connectivity index (χ2v) is 8.91. The van der Waals surface area contributed by atoms with Crippen LogP contribution in [0.25, 0.3) is 11.3 Å².